The quantitative estimate of drug-likeness (QED) is 0.657. The van der Waals surface area contributed by atoms with Gasteiger partial charge < -0.3 is 10.1 Å². The predicted molar refractivity (Wildman–Crippen MR) is 97.6 cm³/mol. The van der Waals surface area contributed by atoms with Crippen molar-refractivity contribution in [3.05, 3.63) is 58.0 Å². The molecule has 7 nitrogen and oxygen atoms in total. The molecule has 0 aliphatic heterocycles. The van der Waals surface area contributed by atoms with Gasteiger partial charge in [0.05, 0.1) is 35.0 Å². The molecule has 0 saturated carbocycles. The summed E-state index contributed by atoms with van der Waals surface area (Å²) in [4.78, 5) is 12.1. The SMILES string of the molecule is Cc1c(Cl)cnn1CC(=O)Nc1cnn(COc2ccc(Br)cc2)c1. The zero-order chi connectivity index (χ0) is 17.8. The first-order valence-corrected chi connectivity index (χ1v) is 8.57. The number of carbonyl (C=O) groups is 1. The Morgan fingerprint density at radius 2 is 2.04 bits per heavy atom. The van der Waals surface area contributed by atoms with Crippen molar-refractivity contribution >= 4 is 39.1 Å². The van der Waals surface area contributed by atoms with E-state index >= 15 is 0 Å². The lowest BCUT2D eigenvalue weighted by Gasteiger charge is -2.06. The van der Waals surface area contributed by atoms with Crippen LogP contribution in [0.5, 0.6) is 5.75 Å². The molecule has 9 heteroatoms. The smallest absolute Gasteiger partial charge is 0.246 e. The molecule has 3 rings (SSSR count). The molecule has 2 heterocycles. The Kier molecular flexibility index (Phi) is 5.40. The third-order valence-corrected chi connectivity index (χ3v) is 4.33. The Morgan fingerprint density at radius 3 is 2.72 bits per heavy atom. The number of hydrogen-bond acceptors (Lipinski definition) is 4. The van der Waals surface area contributed by atoms with Crippen LogP contribution in [0.15, 0.2) is 47.3 Å². The van der Waals surface area contributed by atoms with E-state index in [9.17, 15) is 4.79 Å². The van der Waals surface area contributed by atoms with Crippen LogP contribution in [0.25, 0.3) is 0 Å². The molecule has 1 amide bonds. The number of amides is 1. The average Bonchev–Trinajstić information content (AvgIpc) is 3.16. The summed E-state index contributed by atoms with van der Waals surface area (Å²) < 4.78 is 9.73. The minimum atomic E-state index is -0.212. The van der Waals surface area contributed by atoms with Gasteiger partial charge in [-0.1, -0.05) is 27.5 Å². The van der Waals surface area contributed by atoms with E-state index in [1.807, 2.05) is 24.3 Å². The number of benzene rings is 1. The second kappa shape index (κ2) is 7.71. The zero-order valence-corrected chi connectivity index (χ0v) is 15.7. The summed E-state index contributed by atoms with van der Waals surface area (Å²) >= 11 is 9.30. The van der Waals surface area contributed by atoms with Gasteiger partial charge in [-0.2, -0.15) is 10.2 Å². The molecule has 0 spiro atoms. The van der Waals surface area contributed by atoms with E-state index in [4.69, 9.17) is 16.3 Å². The fraction of sp³-hybridized carbons (Fsp3) is 0.188. The molecule has 3 aromatic rings. The molecule has 1 N–H and O–H groups in total. The van der Waals surface area contributed by atoms with Crippen molar-refractivity contribution in [2.75, 3.05) is 5.32 Å². The Hall–Kier alpha value is -2.32. The molecule has 130 valence electrons. The van der Waals surface area contributed by atoms with Gasteiger partial charge in [-0.25, -0.2) is 4.68 Å². The number of carbonyl (C=O) groups excluding carboxylic acids is 1. The highest BCUT2D eigenvalue weighted by Crippen LogP contribution is 2.17. The average molecular weight is 425 g/mol. The van der Waals surface area contributed by atoms with Gasteiger partial charge in [0, 0.05) is 4.47 Å². The maximum Gasteiger partial charge on any atom is 0.246 e. The lowest BCUT2D eigenvalue weighted by atomic mass is 10.3. The summed E-state index contributed by atoms with van der Waals surface area (Å²) in [6, 6.07) is 7.50. The highest BCUT2D eigenvalue weighted by molar-refractivity contribution is 9.10. The maximum atomic E-state index is 12.1. The number of ether oxygens (including phenoxy) is 1. The summed E-state index contributed by atoms with van der Waals surface area (Å²) in [5, 5.41) is 11.5. The molecule has 2 aromatic heterocycles. The monoisotopic (exact) mass is 423 g/mol. The number of aromatic nitrogens is 4. The lowest BCUT2D eigenvalue weighted by Crippen LogP contribution is -2.20. The molecule has 1 aromatic carbocycles. The van der Waals surface area contributed by atoms with Gasteiger partial charge in [-0.15, -0.1) is 0 Å². The number of halogens is 2. The molecular formula is C16H15BrClN5O2. The summed E-state index contributed by atoms with van der Waals surface area (Å²) in [5.74, 6) is 0.520. The third kappa shape index (κ3) is 4.61. The van der Waals surface area contributed by atoms with Gasteiger partial charge in [-0.05, 0) is 31.2 Å². The van der Waals surface area contributed by atoms with Crippen LogP contribution in [-0.2, 0) is 18.1 Å². The first kappa shape index (κ1) is 17.5. The molecule has 0 aliphatic carbocycles. The van der Waals surface area contributed by atoms with E-state index in [0.717, 1.165) is 15.9 Å². The van der Waals surface area contributed by atoms with Crippen molar-refractivity contribution in [3.8, 4) is 5.75 Å². The Bertz CT molecular complexity index is 875. The van der Waals surface area contributed by atoms with E-state index in [0.29, 0.717) is 10.7 Å². The normalized spacial score (nSPS) is 10.7. The molecule has 25 heavy (non-hydrogen) atoms. The largest absolute Gasteiger partial charge is 0.471 e. The van der Waals surface area contributed by atoms with Crippen molar-refractivity contribution < 1.29 is 9.53 Å². The van der Waals surface area contributed by atoms with Crippen molar-refractivity contribution in [1.82, 2.24) is 19.6 Å². The number of nitrogens with zero attached hydrogens (tertiary/aromatic N) is 4. The van der Waals surface area contributed by atoms with Crippen LogP contribution >= 0.6 is 27.5 Å². The van der Waals surface area contributed by atoms with Crippen molar-refractivity contribution in [1.29, 1.82) is 0 Å². The lowest BCUT2D eigenvalue weighted by molar-refractivity contribution is -0.116. The summed E-state index contributed by atoms with van der Waals surface area (Å²) in [6.45, 7) is 2.13. The van der Waals surface area contributed by atoms with Gasteiger partial charge in [0.15, 0.2) is 6.73 Å². The van der Waals surface area contributed by atoms with E-state index in [1.54, 1.807) is 28.7 Å². The van der Waals surface area contributed by atoms with Gasteiger partial charge in [0.1, 0.15) is 12.3 Å². The van der Waals surface area contributed by atoms with Gasteiger partial charge in [0.2, 0.25) is 5.91 Å². The second-order valence-corrected chi connectivity index (χ2v) is 6.60. The molecule has 0 saturated heterocycles. The predicted octanol–water partition coefficient (Wildman–Crippen LogP) is 3.48. The fourth-order valence-corrected chi connectivity index (χ4v) is 2.50. The third-order valence-electron chi connectivity index (χ3n) is 3.43. The van der Waals surface area contributed by atoms with E-state index in [2.05, 4.69) is 31.4 Å². The first-order valence-electron chi connectivity index (χ1n) is 7.40. The standard InChI is InChI=1S/C16H15BrClN5O2/c1-11-15(18)7-20-23(11)9-16(24)21-13-6-19-22(8-13)10-25-14-4-2-12(17)3-5-14/h2-8H,9-10H2,1H3,(H,21,24). The summed E-state index contributed by atoms with van der Waals surface area (Å²) in [5.41, 5.74) is 1.33. The maximum absolute atomic E-state index is 12.1. The van der Waals surface area contributed by atoms with E-state index in [-0.39, 0.29) is 19.2 Å². The van der Waals surface area contributed by atoms with Crippen LogP contribution in [0.4, 0.5) is 5.69 Å². The highest BCUT2D eigenvalue weighted by atomic mass is 79.9. The molecule has 0 fully saturated rings. The first-order chi connectivity index (χ1) is 12.0. The molecule has 0 atom stereocenters. The van der Waals surface area contributed by atoms with Gasteiger partial charge in [-0.3, -0.25) is 9.48 Å². The van der Waals surface area contributed by atoms with Crippen LogP contribution in [-0.4, -0.2) is 25.5 Å². The van der Waals surface area contributed by atoms with Gasteiger partial charge in [0.25, 0.3) is 0 Å². The van der Waals surface area contributed by atoms with Crippen molar-refractivity contribution in [2.45, 2.75) is 20.2 Å². The Morgan fingerprint density at radius 1 is 1.28 bits per heavy atom. The topological polar surface area (TPSA) is 74.0 Å². The van der Waals surface area contributed by atoms with Crippen LogP contribution < -0.4 is 10.1 Å². The van der Waals surface area contributed by atoms with Crippen LogP contribution in [0, 0.1) is 6.92 Å². The number of anilines is 1. The summed E-state index contributed by atoms with van der Waals surface area (Å²) in [7, 11) is 0. The van der Waals surface area contributed by atoms with Crippen LogP contribution in [0.2, 0.25) is 5.02 Å². The fourth-order valence-electron chi connectivity index (χ4n) is 2.09. The minimum Gasteiger partial charge on any atom is -0.471 e. The molecule has 0 bridgehead atoms. The van der Waals surface area contributed by atoms with E-state index < -0.39 is 0 Å². The zero-order valence-electron chi connectivity index (χ0n) is 13.3. The van der Waals surface area contributed by atoms with Crippen molar-refractivity contribution in [3.63, 3.8) is 0 Å². The van der Waals surface area contributed by atoms with Gasteiger partial charge >= 0.3 is 0 Å². The summed E-state index contributed by atoms with van der Waals surface area (Å²) in [6.07, 6.45) is 4.77. The number of hydrogen-bond donors (Lipinski definition) is 1. The molecule has 0 radical (unpaired) electrons. The molecular weight excluding hydrogens is 410 g/mol. The van der Waals surface area contributed by atoms with Crippen LogP contribution in [0.3, 0.4) is 0 Å². The minimum absolute atomic E-state index is 0.0825. The molecule has 0 aliphatic rings. The Labute approximate surface area is 157 Å². The second-order valence-electron chi connectivity index (χ2n) is 5.28. The highest BCUT2D eigenvalue weighted by Gasteiger charge is 2.10. The Balaban J connectivity index is 1.53. The number of nitrogens with one attached hydrogen (secondary N) is 1. The van der Waals surface area contributed by atoms with E-state index in [1.165, 1.54) is 6.20 Å². The van der Waals surface area contributed by atoms with Crippen LogP contribution in [0.1, 0.15) is 5.69 Å². The molecule has 0 unspecified atom stereocenters. The number of rotatable bonds is 6. The van der Waals surface area contributed by atoms with Crippen molar-refractivity contribution in [2.24, 2.45) is 0 Å².